The third-order valence-corrected chi connectivity index (χ3v) is 5.13. The Balaban J connectivity index is 5.39. The van der Waals surface area contributed by atoms with Crippen molar-refractivity contribution in [3.63, 3.8) is 0 Å². The predicted octanol–water partition coefficient (Wildman–Crippen LogP) is 6.06. The Kier molecular flexibility index (Phi) is 13.3. The molecule has 2 unspecified atom stereocenters. The highest BCUT2D eigenvalue weighted by atomic mass is 16.9. The fraction of sp³-hybridized carbons (Fsp3) is 0.905. The minimum Gasteiger partial charge on any atom is -0.497 e. The van der Waals surface area contributed by atoms with Gasteiger partial charge in [-0.15, -0.1) is 0 Å². The molecular weight excluding hydrogens is 316 g/mol. The first kappa shape index (κ1) is 24.4. The van der Waals surface area contributed by atoms with Gasteiger partial charge in [-0.25, -0.2) is 0 Å². The van der Waals surface area contributed by atoms with Crippen molar-refractivity contribution < 1.29 is 18.9 Å². The molecule has 0 fully saturated rings. The summed E-state index contributed by atoms with van der Waals surface area (Å²) in [6.45, 7) is 8.67. The van der Waals surface area contributed by atoms with Crippen LogP contribution in [0.2, 0.25) is 0 Å². The summed E-state index contributed by atoms with van der Waals surface area (Å²) in [6, 6.07) is 0. The van der Waals surface area contributed by atoms with E-state index in [-0.39, 0.29) is 6.10 Å². The molecule has 2 atom stereocenters. The molecule has 25 heavy (non-hydrogen) atoms. The third-order valence-electron chi connectivity index (χ3n) is 5.13. The van der Waals surface area contributed by atoms with E-state index in [1.165, 1.54) is 25.7 Å². The van der Waals surface area contributed by atoms with E-state index in [9.17, 15) is 0 Å². The van der Waals surface area contributed by atoms with E-state index >= 15 is 0 Å². The highest BCUT2D eigenvalue weighted by Gasteiger charge is 2.55. The first-order valence-electron chi connectivity index (χ1n) is 9.97. The molecule has 0 saturated carbocycles. The molecule has 0 aromatic carbocycles. The van der Waals surface area contributed by atoms with Gasteiger partial charge in [0.05, 0.1) is 11.7 Å². The van der Waals surface area contributed by atoms with E-state index in [2.05, 4.69) is 27.7 Å². The fourth-order valence-corrected chi connectivity index (χ4v) is 3.70. The van der Waals surface area contributed by atoms with Crippen molar-refractivity contribution in [1.82, 2.24) is 0 Å². The minimum atomic E-state index is -1.11. The standard InChI is InChI=1S/C21H42O4/c1-8-11-13-14-15-16-19(25-18-12-9-2)20(4,17-10-3)21(22-5,23-6)24-7/h12,18-19H,8-11,13-17H2,1-7H3. The third kappa shape index (κ3) is 6.92. The lowest BCUT2D eigenvalue weighted by Crippen LogP contribution is -2.57. The van der Waals surface area contributed by atoms with Crippen LogP contribution in [0.3, 0.4) is 0 Å². The molecule has 0 N–H and O–H groups in total. The predicted molar refractivity (Wildman–Crippen MR) is 104 cm³/mol. The van der Waals surface area contributed by atoms with Crippen LogP contribution in [0, 0.1) is 5.41 Å². The molecule has 0 amide bonds. The summed E-state index contributed by atoms with van der Waals surface area (Å²) in [6.07, 6.45) is 13.9. The molecular formula is C21H42O4. The zero-order valence-corrected chi connectivity index (χ0v) is 17.7. The van der Waals surface area contributed by atoms with Gasteiger partial charge in [0.1, 0.15) is 6.10 Å². The van der Waals surface area contributed by atoms with Crippen molar-refractivity contribution in [2.24, 2.45) is 5.41 Å². The van der Waals surface area contributed by atoms with Crippen LogP contribution in [0.5, 0.6) is 0 Å². The van der Waals surface area contributed by atoms with Gasteiger partial charge in [-0.05, 0) is 32.6 Å². The number of hydrogen-bond donors (Lipinski definition) is 0. The van der Waals surface area contributed by atoms with Crippen molar-refractivity contribution in [3.8, 4) is 0 Å². The Bertz CT molecular complexity index is 331. The molecule has 0 saturated heterocycles. The lowest BCUT2D eigenvalue weighted by atomic mass is 9.75. The van der Waals surface area contributed by atoms with Crippen molar-refractivity contribution >= 4 is 0 Å². The van der Waals surface area contributed by atoms with Gasteiger partial charge in [0, 0.05) is 21.3 Å². The molecule has 0 spiro atoms. The van der Waals surface area contributed by atoms with Crippen LogP contribution in [0.4, 0.5) is 0 Å². The van der Waals surface area contributed by atoms with Crippen LogP contribution < -0.4 is 0 Å². The lowest BCUT2D eigenvalue weighted by molar-refractivity contribution is -0.417. The molecule has 0 aromatic rings. The summed E-state index contributed by atoms with van der Waals surface area (Å²) >= 11 is 0. The molecule has 150 valence electrons. The molecule has 4 heteroatoms. The van der Waals surface area contributed by atoms with E-state index in [0.717, 1.165) is 32.1 Å². The van der Waals surface area contributed by atoms with Gasteiger partial charge in [-0.1, -0.05) is 59.0 Å². The number of hydrogen-bond acceptors (Lipinski definition) is 4. The summed E-state index contributed by atoms with van der Waals surface area (Å²) in [5, 5.41) is 0. The average molecular weight is 359 g/mol. The highest BCUT2D eigenvalue weighted by Crippen LogP contribution is 2.45. The van der Waals surface area contributed by atoms with Gasteiger partial charge < -0.3 is 18.9 Å². The summed E-state index contributed by atoms with van der Waals surface area (Å²) in [5.74, 6) is -1.11. The second kappa shape index (κ2) is 13.6. The maximum Gasteiger partial charge on any atom is 0.291 e. The van der Waals surface area contributed by atoms with Gasteiger partial charge in [0.2, 0.25) is 0 Å². The Morgan fingerprint density at radius 2 is 1.44 bits per heavy atom. The SMILES string of the molecule is CCC=COC(CCCCCCC)C(C)(CCC)C(OC)(OC)OC. The molecule has 0 radical (unpaired) electrons. The van der Waals surface area contributed by atoms with Crippen molar-refractivity contribution in [2.45, 2.75) is 97.6 Å². The Morgan fingerprint density at radius 3 is 1.92 bits per heavy atom. The molecule has 0 rings (SSSR count). The summed E-state index contributed by atoms with van der Waals surface area (Å²) in [4.78, 5) is 0. The quantitative estimate of drug-likeness (QED) is 0.191. The molecule has 0 aliphatic heterocycles. The van der Waals surface area contributed by atoms with Crippen LogP contribution in [0.1, 0.15) is 85.5 Å². The van der Waals surface area contributed by atoms with E-state index in [4.69, 9.17) is 18.9 Å². The Hall–Kier alpha value is -0.580. The maximum absolute atomic E-state index is 6.20. The van der Waals surface area contributed by atoms with Gasteiger partial charge in [-0.3, -0.25) is 0 Å². The average Bonchev–Trinajstić information content (AvgIpc) is 2.62. The van der Waals surface area contributed by atoms with Crippen molar-refractivity contribution in [3.05, 3.63) is 12.3 Å². The van der Waals surface area contributed by atoms with E-state index < -0.39 is 11.4 Å². The number of ether oxygens (including phenoxy) is 4. The summed E-state index contributed by atoms with van der Waals surface area (Å²) < 4.78 is 23.4. The normalized spacial score (nSPS) is 16.1. The largest absolute Gasteiger partial charge is 0.497 e. The zero-order valence-electron chi connectivity index (χ0n) is 17.7. The van der Waals surface area contributed by atoms with E-state index in [0.29, 0.717) is 0 Å². The Morgan fingerprint density at radius 1 is 0.840 bits per heavy atom. The number of unbranched alkanes of at least 4 members (excludes halogenated alkanes) is 4. The van der Waals surface area contributed by atoms with Crippen molar-refractivity contribution in [2.75, 3.05) is 21.3 Å². The molecule has 0 bridgehead atoms. The lowest BCUT2D eigenvalue weighted by Gasteiger charge is -2.48. The highest BCUT2D eigenvalue weighted by molar-refractivity contribution is 4.93. The van der Waals surface area contributed by atoms with Crippen LogP contribution in [-0.4, -0.2) is 33.4 Å². The van der Waals surface area contributed by atoms with Gasteiger partial charge >= 0.3 is 0 Å². The molecule has 0 aromatic heterocycles. The molecule has 0 heterocycles. The topological polar surface area (TPSA) is 36.9 Å². The van der Waals surface area contributed by atoms with Crippen LogP contribution >= 0.6 is 0 Å². The maximum atomic E-state index is 6.20. The Labute approximate surface area is 156 Å². The van der Waals surface area contributed by atoms with Gasteiger partial charge in [-0.2, -0.15) is 0 Å². The van der Waals surface area contributed by atoms with Crippen LogP contribution in [0.25, 0.3) is 0 Å². The number of rotatable bonds is 16. The van der Waals surface area contributed by atoms with E-state index in [1.54, 1.807) is 21.3 Å². The summed E-state index contributed by atoms with van der Waals surface area (Å²) in [7, 11) is 4.92. The van der Waals surface area contributed by atoms with Crippen molar-refractivity contribution in [1.29, 1.82) is 0 Å². The van der Waals surface area contributed by atoms with Crippen LogP contribution in [-0.2, 0) is 18.9 Å². The van der Waals surface area contributed by atoms with Crippen LogP contribution in [0.15, 0.2) is 12.3 Å². The fourth-order valence-electron chi connectivity index (χ4n) is 3.70. The molecule has 4 nitrogen and oxygen atoms in total. The molecule has 0 aliphatic carbocycles. The second-order valence-corrected chi connectivity index (χ2v) is 6.94. The zero-order chi connectivity index (χ0) is 19.2. The smallest absolute Gasteiger partial charge is 0.291 e. The van der Waals surface area contributed by atoms with E-state index in [1.807, 2.05) is 12.3 Å². The minimum absolute atomic E-state index is 0.0308. The molecule has 0 aliphatic rings. The first-order chi connectivity index (χ1) is 12.0. The first-order valence-corrected chi connectivity index (χ1v) is 9.97. The summed E-state index contributed by atoms with van der Waals surface area (Å²) in [5.41, 5.74) is -0.414. The number of allylic oxidation sites excluding steroid dienone is 1. The van der Waals surface area contributed by atoms with Gasteiger partial charge in [0.15, 0.2) is 0 Å². The van der Waals surface area contributed by atoms with Gasteiger partial charge in [0.25, 0.3) is 5.97 Å². The number of methoxy groups -OCH3 is 3. The monoisotopic (exact) mass is 358 g/mol. The second-order valence-electron chi connectivity index (χ2n) is 6.94.